The molecule has 5 nitrogen and oxygen atoms in total. The molecule has 114 valence electrons. The van der Waals surface area contributed by atoms with Gasteiger partial charge in [-0.1, -0.05) is 6.07 Å². The van der Waals surface area contributed by atoms with Crippen LogP contribution in [-0.4, -0.2) is 36.7 Å². The number of carbonyl (C=O) groups is 1. The topological polar surface area (TPSA) is 63.2 Å². The van der Waals surface area contributed by atoms with Crippen LogP contribution in [0.15, 0.2) is 36.5 Å². The van der Waals surface area contributed by atoms with Crippen molar-refractivity contribution in [3.8, 4) is 0 Å². The number of ether oxygens (including phenoxy) is 1. The predicted molar refractivity (Wildman–Crippen MR) is 87.5 cm³/mol. The SMILES string of the molecule is Cl.Cl.O=C(Nc1ccc2ncccc2c1)C1CNCCO1. The van der Waals surface area contributed by atoms with Crippen LogP contribution in [-0.2, 0) is 9.53 Å². The molecule has 21 heavy (non-hydrogen) atoms. The lowest BCUT2D eigenvalue weighted by atomic mass is 10.2. The molecular weight excluding hydrogens is 313 g/mol. The Morgan fingerprint density at radius 1 is 1.33 bits per heavy atom. The average Bonchev–Trinajstić information content (AvgIpc) is 2.48. The minimum absolute atomic E-state index is 0. The fourth-order valence-electron chi connectivity index (χ4n) is 2.11. The number of fused-ring (bicyclic) bond motifs is 1. The Morgan fingerprint density at radius 3 is 2.95 bits per heavy atom. The Labute approximate surface area is 135 Å². The van der Waals surface area contributed by atoms with Crippen molar-refractivity contribution in [3.63, 3.8) is 0 Å². The van der Waals surface area contributed by atoms with Crippen LogP contribution in [0.1, 0.15) is 0 Å². The van der Waals surface area contributed by atoms with Crippen LogP contribution in [0.3, 0.4) is 0 Å². The van der Waals surface area contributed by atoms with E-state index in [0.717, 1.165) is 23.1 Å². The molecule has 0 radical (unpaired) electrons. The number of hydrogen-bond acceptors (Lipinski definition) is 4. The third kappa shape index (κ3) is 4.28. The Balaban J connectivity index is 0.00000110. The highest BCUT2D eigenvalue weighted by atomic mass is 35.5. The maximum absolute atomic E-state index is 12.0. The minimum Gasteiger partial charge on any atom is -0.366 e. The van der Waals surface area contributed by atoms with E-state index in [1.54, 1.807) is 6.20 Å². The molecule has 1 amide bonds. The molecule has 1 aliphatic rings. The minimum atomic E-state index is -0.418. The predicted octanol–water partition coefficient (Wildman–Crippen LogP) is 2.01. The van der Waals surface area contributed by atoms with Crippen LogP contribution >= 0.6 is 24.8 Å². The summed E-state index contributed by atoms with van der Waals surface area (Å²) >= 11 is 0. The molecule has 1 aromatic carbocycles. The highest BCUT2D eigenvalue weighted by Gasteiger charge is 2.21. The largest absolute Gasteiger partial charge is 0.366 e. The maximum atomic E-state index is 12.0. The van der Waals surface area contributed by atoms with Gasteiger partial charge in [0.1, 0.15) is 6.10 Å². The van der Waals surface area contributed by atoms with E-state index in [2.05, 4.69) is 15.6 Å². The number of anilines is 1. The zero-order valence-corrected chi connectivity index (χ0v) is 12.9. The molecule has 2 heterocycles. The van der Waals surface area contributed by atoms with E-state index in [4.69, 9.17) is 4.74 Å². The number of halogens is 2. The number of pyridine rings is 1. The fourth-order valence-corrected chi connectivity index (χ4v) is 2.11. The summed E-state index contributed by atoms with van der Waals surface area (Å²) in [5.41, 5.74) is 1.68. The van der Waals surface area contributed by atoms with Crippen LogP contribution in [0.2, 0.25) is 0 Å². The van der Waals surface area contributed by atoms with Crippen molar-refractivity contribution in [2.24, 2.45) is 0 Å². The second kappa shape index (κ2) is 8.14. The summed E-state index contributed by atoms with van der Waals surface area (Å²) in [5, 5.41) is 7.01. The second-order valence-electron chi connectivity index (χ2n) is 4.46. The molecule has 0 spiro atoms. The molecule has 1 aromatic heterocycles. The number of nitrogens with one attached hydrogen (secondary N) is 2. The molecule has 1 unspecified atom stereocenters. The molecule has 7 heteroatoms. The van der Waals surface area contributed by atoms with E-state index in [-0.39, 0.29) is 30.7 Å². The Bertz CT molecular complexity index is 604. The van der Waals surface area contributed by atoms with Gasteiger partial charge in [-0.25, -0.2) is 0 Å². The van der Waals surface area contributed by atoms with Gasteiger partial charge in [0.15, 0.2) is 0 Å². The molecule has 1 fully saturated rings. The number of carbonyl (C=O) groups excluding carboxylic acids is 1. The van der Waals surface area contributed by atoms with E-state index in [0.29, 0.717) is 13.2 Å². The van der Waals surface area contributed by atoms with E-state index in [1.165, 1.54) is 0 Å². The van der Waals surface area contributed by atoms with Crippen molar-refractivity contribution < 1.29 is 9.53 Å². The van der Waals surface area contributed by atoms with Crippen LogP contribution < -0.4 is 10.6 Å². The van der Waals surface area contributed by atoms with Crippen LogP contribution in [0.5, 0.6) is 0 Å². The number of amides is 1. The molecule has 2 N–H and O–H groups in total. The van der Waals surface area contributed by atoms with Gasteiger partial charge in [-0.3, -0.25) is 9.78 Å². The first kappa shape index (κ1) is 17.7. The van der Waals surface area contributed by atoms with Gasteiger partial charge < -0.3 is 15.4 Å². The Morgan fingerprint density at radius 2 is 2.19 bits per heavy atom. The van der Waals surface area contributed by atoms with Crippen molar-refractivity contribution in [1.29, 1.82) is 0 Å². The standard InChI is InChI=1S/C14H15N3O2.2ClH/c18-14(13-9-15-6-7-19-13)17-11-3-4-12-10(8-11)2-1-5-16-12;;/h1-5,8,13,15H,6-7,9H2,(H,17,18);2*1H. The van der Waals surface area contributed by atoms with Gasteiger partial charge in [0.2, 0.25) is 0 Å². The van der Waals surface area contributed by atoms with Crippen molar-refractivity contribution in [3.05, 3.63) is 36.5 Å². The number of morpholine rings is 1. The normalized spacial score (nSPS) is 17.4. The summed E-state index contributed by atoms with van der Waals surface area (Å²) in [6.45, 7) is 1.92. The Kier molecular flexibility index (Phi) is 6.84. The van der Waals surface area contributed by atoms with Gasteiger partial charge in [0.05, 0.1) is 12.1 Å². The first-order valence-corrected chi connectivity index (χ1v) is 6.31. The van der Waals surface area contributed by atoms with Crippen LogP contribution in [0.25, 0.3) is 10.9 Å². The summed E-state index contributed by atoms with van der Waals surface area (Å²) in [5.74, 6) is -0.115. The average molecular weight is 330 g/mol. The maximum Gasteiger partial charge on any atom is 0.254 e. The van der Waals surface area contributed by atoms with Crippen LogP contribution in [0, 0.1) is 0 Å². The molecule has 1 saturated heterocycles. The van der Waals surface area contributed by atoms with Crippen molar-refractivity contribution in [1.82, 2.24) is 10.3 Å². The van der Waals surface area contributed by atoms with Crippen molar-refractivity contribution in [2.45, 2.75) is 6.10 Å². The zero-order valence-electron chi connectivity index (χ0n) is 11.2. The lowest BCUT2D eigenvalue weighted by Crippen LogP contribution is -2.45. The van der Waals surface area contributed by atoms with E-state index < -0.39 is 6.10 Å². The highest BCUT2D eigenvalue weighted by Crippen LogP contribution is 2.17. The van der Waals surface area contributed by atoms with E-state index >= 15 is 0 Å². The third-order valence-corrected chi connectivity index (χ3v) is 3.09. The van der Waals surface area contributed by atoms with Gasteiger partial charge >= 0.3 is 0 Å². The number of rotatable bonds is 2. The summed E-state index contributed by atoms with van der Waals surface area (Å²) in [6.07, 6.45) is 1.33. The quantitative estimate of drug-likeness (QED) is 0.884. The van der Waals surface area contributed by atoms with Crippen molar-refractivity contribution in [2.75, 3.05) is 25.0 Å². The fraction of sp³-hybridized carbons (Fsp3) is 0.286. The molecule has 0 bridgehead atoms. The highest BCUT2D eigenvalue weighted by molar-refractivity contribution is 5.96. The molecule has 0 aliphatic carbocycles. The first-order chi connectivity index (χ1) is 9.33. The summed E-state index contributed by atoms with van der Waals surface area (Å²) in [6, 6.07) is 9.50. The molecule has 2 aromatic rings. The van der Waals surface area contributed by atoms with E-state index in [1.807, 2.05) is 30.3 Å². The summed E-state index contributed by atoms with van der Waals surface area (Å²) < 4.78 is 5.41. The third-order valence-electron chi connectivity index (χ3n) is 3.09. The van der Waals surface area contributed by atoms with Gasteiger partial charge in [-0.15, -0.1) is 24.8 Å². The van der Waals surface area contributed by atoms with Gasteiger partial charge in [-0.05, 0) is 24.3 Å². The van der Waals surface area contributed by atoms with Gasteiger partial charge in [0, 0.05) is 30.4 Å². The summed E-state index contributed by atoms with van der Waals surface area (Å²) in [7, 11) is 0. The second-order valence-corrected chi connectivity index (χ2v) is 4.46. The molecular formula is C14H17Cl2N3O2. The molecule has 1 atom stereocenters. The van der Waals surface area contributed by atoms with Gasteiger partial charge in [0.25, 0.3) is 5.91 Å². The molecule has 0 saturated carbocycles. The zero-order chi connectivity index (χ0) is 13.1. The Hall–Kier alpha value is -1.40. The number of aromatic nitrogens is 1. The smallest absolute Gasteiger partial charge is 0.254 e. The van der Waals surface area contributed by atoms with Crippen molar-refractivity contribution >= 4 is 47.3 Å². The molecule has 3 rings (SSSR count). The van der Waals surface area contributed by atoms with E-state index in [9.17, 15) is 4.79 Å². The van der Waals surface area contributed by atoms with Gasteiger partial charge in [-0.2, -0.15) is 0 Å². The number of hydrogen-bond donors (Lipinski definition) is 2. The monoisotopic (exact) mass is 329 g/mol. The lowest BCUT2D eigenvalue weighted by Gasteiger charge is -2.22. The number of nitrogens with zero attached hydrogens (tertiary/aromatic N) is 1. The molecule has 1 aliphatic heterocycles. The first-order valence-electron chi connectivity index (χ1n) is 6.31. The van der Waals surface area contributed by atoms with Crippen LogP contribution in [0.4, 0.5) is 5.69 Å². The summed E-state index contributed by atoms with van der Waals surface area (Å²) in [4.78, 5) is 16.3. The number of benzene rings is 1. The lowest BCUT2D eigenvalue weighted by molar-refractivity contribution is -0.128.